The van der Waals surface area contributed by atoms with Gasteiger partial charge in [0, 0.05) is 16.5 Å². The van der Waals surface area contributed by atoms with E-state index in [-0.39, 0.29) is 30.4 Å². The van der Waals surface area contributed by atoms with Crippen molar-refractivity contribution < 1.29 is 14.3 Å². The second-order valence-corrected chi connectivity index (χ2v) is 6.37. The number of rotatable bonds is 3. The van der Waals surface area contributed by atoms with Crippen molar-refractivity contribution in [1.29, 1.82) is 0 Å². The summed E-state index contributed by atoms with van der Waals surface area (Å²) in [6, 6.07) is 8.44. The van der Waals surface area contributed by atoms with Crippen LogP contribution >= 0.6 is 11.3 Å². The van der Waals surface area contributed by atoms with Crippen molar-refractivity contribution in [2.75, 3.05) is 11.9 Å². The fourth-order valence-corrected chi connectivity index (χ4v) is 3.41. The fraction of sp³-hybridized carbons (Fsp3) is 0.118. The third-order valence-corrected chi connectivity index (χ3v) is 4.72. The van der Waals surface area contributed by atoms with Gasteiger partial charge >= 0.3 is 0 Å². The first-order chi connectivity index (χ1) is 11.6. The maximum atomic E-state index is 12.5. The third kappa shape index (κ3) is 2.48. The van der Waals surface area contributed by atoms with Crippen LogP contribution in [-0.4, -0.2) is 22.9 Å². The van der Waals surface area contributed by atoms with Crippen molar-refractivity contribution in [2.45, 2.75) is 6.54 Å². The molecule has 0 radical (unpaired) electrons. The molecule has 7 heteroatoms. The minimum atomic E-state index is -0.258. The number of anilines is 1. The number of thiophene rings is 1. The minimum Gasteiger partial charge on any atom is -0.482 e. The zero-order chi connectivity index (χ0) is 16.7. The smallest absolute Gasteiger partial charge is 0.262 e. The SMILES string of the molecule is O=C1COc2ccc(C(=O)Cn3ccc4sccc4c3=O)cc2N1. The highest BCUT2D eigenvalue weighted by molar-refractivity contribution is 7.17. The number of benzene rings is 1. The van der Waals surface area contributed by atoms with E-state index in [1.54, 1.807) is 30.5 Å². The van der Waals surface area contributed by atoms with Crippen LogP contribution < -0.4 is 15.6 Å². The number of ether oxygens (including phenoxy) is 1. The maximum Gasteiger partial charge on any atom is 0.262 e. The Balaban J connectivity index is 1.64. The van der Waals surface area contributed by atoms with Crippen molar-refractivity contribution in [3.05, 3.63) is 57.8 Å². The van der Waals surface area contributed by atoms with E-state index in [1.807, 2.05) is 11.4 Å². The topological polar surface area (TPSA) is 77.4 Å². The number of nitrogens with one attached hydrogen (secondary N) is 1. The lowest BCUT2D eigenvalue weighted by molar-refractivity contribution is -0.118. The van der Waals surface area contributed by atoms with E-state index in [0.29, 0.717) is 22.4 Å². The van der Waals surface area contributed by atoms with Gasteiger partial charge in [-0.25, -0.2) is 0 Å². The summed E-state index contributed by atoms with van der Waals surface area (Å²) >= 11 is 1.49. The van der Waals surface area contributed by atoms with Crippen LogP contribution in [0.4, 0.5) is 5.69 Å². The highest BCUT2D eigenvalue weighted by atomic mass is 32.1. The Bertz CT molecular complexity index is 1030. The van der Waals surface area contributed by atoms with E-state index in [4.69, 9.17) is 4.74 Å². The Labute approximate surface area is 140 Å². The summed E-state index contributed by atoms with van der Waals surface area (Å²) in [7, 11) is 0. The van der Waals surface area contributed by atoms with Gasteiger partial charge in [0.05, 0.1) is 17.6 Å². The molecule has 1 N–H and O–H groups in total. The Kier molecular flexibility index (Phi) is 3.42. The van der Waals surface area contributed by atoms with Gasteiger partial charge in [-0.15, -0.1) is 11.3 Å². The molecule has 1 aliphatic heterocycles. The van der Waals surface area contributed by atoms with Gasteiger partial charge < -0.3 is 14.6 Å². The van der Waals surface area contributed by atoms with Crippen molar-refractivity contribution in [3.8, 4) is 5.75 Å². The van der Waals surface area contributed by atoms with E-state index in [1.165, 1.54) is 15.9 Å². The lowest BCUT2D eigenvalue weighted by Gasteiger charge is -2.18. The number of Topliss-reactive ketones (excluding diaryl/α,β-unsaturated/α-hetero) is 1. The molecule has 2 aromatic heterocycles. The lowest BCUT2D eigenvalue weighted by atomic mass is 10.1. The van der Waals surface area contributed by atoms with E-state index in [2.05, 4.69) is 5.32 Å². The molecule has 3 aromatic rings. The minimum absolute atomic E-state index is 0.0314. The number of nitrogens with zero attached hydrogens (tertiary/aromatic N) is 1. The molecule has 1 amide bonds. The quantitative estimate of drug-likeness (QED) is 0.742. The van der Waals surface area contributed by atoms with Crippen molar-refractivity contribution >= 4 is 38.8 Å². The zero-order valence-corrected chi connectivity index (χ0v) is 13.3. The molecule has 3 heterocycles. The van der Waals surface area contributed by atoms with Gasteiger partial charge in [0.1, 0.15) is 5.75 Å². The van der Waals surface area contributed by atoms with Gasteiger partial charge in [-0.1, -0.05) is 0 Å². The van der Waals surface area contributed by atoms with E-state index in [0.717, 1.165) is 4.70 Å². The molecular formula is C17H12N2O4S. The first-order valence-electron chi connectivity index (χ1n) is 7.28. The van der Waals surface area contributed by atoms with Gasteiger partial charge in [0.15, 0.2) is 12.4 Å². The monoisotopic (exact) mass is 340 g/mol. The fourth-order valence-electron chi connectivity index (χ4n) is 2.63. The second-order valence-electron chi connectivity index (χ2n) is 5.42. The lowest BCUT2D eigenvalue weighted by Crippen LogP contribution is -2.26. The summed E-state index contributed by atoms with van der Waals surface area (Å²) in [5.74, 6) is 0.0588. The number of hydrogen-bond acceptors (Lipinski definition) is 5. The number of hydrogen-bond donors (Lipinski definition) is 1. The predicted octanol–water partition coefficient (Wildman–Crippen LogP) is 2.28. The first kappa shape index (κ1) is 14.6. The second kappa shape index (κ2) is 5.61. The van der Waals surface area contributed by atoms with Crippen molar-refractivity contribution in [3.63, 3.8) is 0 Å². The van der Waals surface area contributed by atoms with Crippen LogP contribution in [0.3, 0.4) is 0 Å². The highest BCUT2D eigenvalue weighted by Gasteiger charge is 2.18. The molecule has 0 saturated heterocycles. The van der Waals surface area contributed by atoms with Crippen LogP contribution in [0.5, 0.6) is 5.75 Å². The molecule has 0 aliphatic carbocycles. The summed E-state index contributed by atoms with van der Waals surface area (Å²) in [5, 5.41) is 5.13. The number of carbonyl (C=O) groups excluding carboxylic acids is 2. The average molecular weight is 340 g/mol. The Hall–Kier alpha value is -2.93. The normalized spacial score (nSPS) is 13.2. The Morgan fingerprint density at radius 2 is 2.12 bits per heavy atom. The standard InChI is InChI=1S/C17H12N2O4S/c20-13(8-19-5-3-15-11(17(19)22)4-6-24-15)10-1-2-14-12(7-10)18-16(21)9-23-14/h1-7H,8-9H2,(H,18,21). The van der Waals surface area contributed by atoms with Crippen LogP contribution in [0.2, 0.25) is 0 Å². The highest BCUT2D eigenvalue weighted by Crippen LogP contribution is 2.28. The van der Waals surface area contributed by atoms with Crippen molar-refractivity contribution in [1.82, 2.24) is 4.57 Å². The Morgan fingerprint density at radius 1 is 1.25 bits per heavy atom. The van der Waals surface area contributed by atoms with Crippen LogP contribution in [0.15, 0.2) is 46.7 Å². The molecule has 6 nitrogen and oxygen atoms in total. The van der Waals surface area contributed by atoms with Gasteiger partial charge in [-0.2, -0.15) is 0 Å². The molecular weight excluding hydrogens is 328 g/mol. The van der Waals surface area contributed by atoms with Crippen LogP contribution in [0.1, 0.15) is 10.4 Å². The van der Waals surface area contributed by atoms with Crippen molar-refractivity contribution in [2.24, 2.45) is 0 Å². The molecule has 24 heavy (non-hydrogen) atoms. The van der Waals surface area contributed by atoms with E-state index in [9.17, 15) is 14.4 Å². The number of ketones is 1. The summed E-state index contributed by atoms with van der Waals surface area (Å²) in [4.78, 5) is 36.2. The number of aromatic nitrogens is 1. The molecule has 0 unspecified atom stereocenters. The molecule has 0 bridgehead atoms. The zero-order valence-electron chi connectivity index (χ0n) is 12.4. The molecule has 1 aliphatic rings. The van der Waals surface area contributed by atoms with Gasteiger partial charge in [-0.3, -0.25) is 14.4 Å². The number of carbonyl (C=O) groups is 2. The maximum absolute atomic E-state index is 12.5. The van der Waals surface area contributed by atoms with Gasteiger partial charge in [-0.05, 0) is 35.7 Å². The largest absolute Gasteiger partial charge is 0.482 e. The Morgan fingerprint density at radius 3 is 3.00 bits per heavy atom. The molecule has 0 saturated carbocycles. The number of amides is 1. The number of fused-ring (bicyclic) bond motifs is 2. The van der Waals surface area contributed by atoms with E-state index >= 15 is 0 Å². The summed E-state index contributed by atoms with van der Waals surface area (Å²) in [6.45, 7) is -0.0887. The predicted molar refractivity (Wildman–Crippen MR) is 91.0 cm³/mol. The molecule has 0 spiro atoms. The van der Waals surface area contributed by atoms with Gasteiger partial charge in [0.25, 0.3) is 11.5 Å². The summed E-state index contributed by atoms with van der Waals surface area (Å²) in [5.41, 5.74) is 0.700. The first-order valence-corrected chi connectivity index (χ1v) is 8.16. The van der Waals surface area contributed by atoms with Crippen LogP contribution in [0.25, 0.3) is 10.1 Å². The van der Waals surface area contributed by atoms with Gasteiger partial charge in [0.2, 0.25) is 0 Å². The summed E-state index contributed by atoms with van der Waals surface area (Å²) < 4.78 is 7.56. The number of pyridine rings is 1. The molecule has 4 rings (SSSR count). The molecule has 120 valence electrons. The van der Waals surface area contributed by atoms with Crippen LogP contribution in [0, 0.1) is 0 Å². The average Bonchev–Trinajstić information content (AvgIpc) is 3.06. The molecule has 0 fully saturated rings. The summed E-state index contributed by atoms with van der Waals surface area (Å²) in [6.07, 6.45) is 1.63. The molecule has 1 aromatic carbocycles. The van der Waals surface area contributed by atoms with E-state index < -0.39 is 0 Å². The third-order valence-electron chi connectivity index (χ3n) is 3.84. The molecule has 0 atom stereocenters. The van der Waals surface area contributed by atoms with Crippen LogP contribution in [-0.2, 0) is 11.3 Å².